The predicted octanol–water partition coefficient (Wildman–Crippen LogP) is 11.7. The molecule has 0 aromatic rings. The molecule has 0 aliphatic heterocycles. The Hall–Kier alpha value is -1.65. The minimum atomic E-state index is -0.618. The fourth-order valence-corrected chi connectivity index (χ4v) is 5.74. The van der Waals surface area contributed by atoms with Crippen LogP contribution in [0, 0.1) is 5.92 Å². The second kappa shape index (κ2) is 32.7. The lowest BCUT2D eigenvalue weighted by Crippen LogP contribution is -2.39. The number of amides is 1. The van der Waals surface area contributed by atoms with Crippen molar-refractivity contribution in [3.05, 3.63) is 12.2 Å². The van der Waals surface area contributed by atoms with E-state index in [-0.39, 0.29) is 30.0 Å². The Morgan fingerprint density at radius 2 is 1.02 bits per heavy atom. The summed E-state index contributed by atoms with van der Waals surface area (Å²) in [5, 5.41) is 2.84. The molecule has 0 aliphatic rings. The summed E-state index contributed by atoms with van der Waals surface area (Å²) >= 11 is 0. The van der Waals surface area contributed by atoms with E-state index >= 15 is 0 Å². The first-order chi connectivity index (χ1) is 21.4. The third-order valence-electron chi connectivity index (χ3n) is 8.77. The van der Waals surface area contributed by atoms with E-state index in [1.807, 2.05) is 6.92 Å². The van der Waals surface area contributed by atoms with Crippen molar-refractivity contribution in [1.29, 1.82) is 0 Å². The number of carbonyl (C=O) groups is 3. The summed E-state index contributed by atoms with van der Waals surface area (Å²) in [6.07, 6.45) is 35.8. The summed E-state index contributed by atoms with van der Waals surface area (Å²) in [6, 6.07) is 0. The summed E-state index contributed by atoms with van der Waals surface area (Å²) < 4.78 is 5.54. The molecule has 2 unspecified atom stereocenters. The van der Waals surface area contributed by atoms with Crippen molar-refractivity contribution in [3.8, 4) is 0 Å². The molecule has 0 spiro atoms. The van der Waals surface area contributed by atoms with Crippen LogP contribution in [0.3, 0.4) is 0 Å². The number of unbranched alkanes of at least 4 members (excludes halogenated alkanes) is 21. The second-order valence-electron chi connectivity index (χ2n) is 13.1. The zero-order valence-electron chi connectivity index (χ0n) is 29.7. The molecule has 0 saturated heterocycles. The summed E-state index contributed by atoms with van der Waals surface area (Å²) in [7, 11) is 0. The van der Waals surface area contributed by atoms with Crippen LogP contribution >= 0.6 is 0 Å². The smallest absolute Gasteiger partial charge is 0.307 e. The SMILES string of the molecule is CCCCCCCCC=CCCCCCC(CC(=O)NC(CC)OC(=O)CCCCCCCCCCCCCCC)C(C)=O. The van der Waals surface area contributed by atoms with Gasteiger partial charge in [-0.05, 0) is 45.4 Å². The average Bonchev–Trinajstić information content (AvgIpc) is 3.00. The molecule has 0 rings (SSSR count). The number of allylic oxidation sites excluding steroid dienone is 2. The molecule has 44 heavy (non-hydrogen) atoms. The Morgan fingerprint density at radius 1 is 0.591 bits per heavy atom. The minimum Gasteiger partial charge on any atom is -0.442 e. The number of Topliss-reactive ketones (excluding diaryl/α,β-unsaturated/α-hetero) is 1. The van der Waals surface area contributed by atoms with E-state index in [9.17, 15) is 14.4 Å². The summed E-state index contributed by atoms with van der Waals surface area (Å²) in [6.45, 7) is 7.99. The predicted molar refractivity (Wildman–Crippen MR) is 188 cm³/mol. The van der Waals surface area contributed by atoms with Gasteiger partial charge in [-0.3, -0.25) is 14.4 Å². The highest BCUT2D eigenvalue weighted by molar-refractivity contribution is 5.85. The molecule has 1 N–H and O–H groups in total. The highest BCUT2D eigenvalue weighted by Crippen LogP contribution is 2.17. The van der Waals surface area contributed by atoms with E-state index in [0.29, 0.717) is 12.8 Å². The highest BCUT2D eigenvalue weighted by atomic mass is 16.6. The number of nitrogens with one attached hydrogen (secondary N) is 1. The largest absolute Gasteiger partial charge is 0.442 e. The average molecular weight is 620 g/mol. The van der Waals surface area contributed by atoms with Gasteiger partial charge in [-0.15, -0.1) is 0 Å². The molecule has 2 atom stereocenters. The first-order valence-electron chi connectivity index (χ1n) is 19.1. The van der Waals surface area contributed by atoms with E-state index < -0.39 is 6.23 Å². The monoisotopic (exact) mass is 620 g/mol. The summed E-state index contributed by atoms with van der Waals surface area (Å²) in [4.78, 5) is 37.2. The van der Waals surface area contributed by atoms with E-state index in [4.69, 9.17) is 4.74 Å². The molecular weight excluding hydrogens is 546 g/mol. The standard InChI is InChI=1S/C39H73NO4/c1-5-8-10-12-14-16-18-20-22-24-26-28-30-32-36(35(4)41)34-37(42)40-38(7-3)44-39(43)33-31-29-27-25-23-21-19-17-15-13-11-9-6-2/h20,22,36,38H,5-19,21,23-34H2,1-4H3,(H,40,42). The van der Waals surface area contributed by atoms with Gasteiger partial charge < -0.3 is 10.1 Å². The molecule has 0 fully saturated rings. The Kier molecular flexibility index (Phi) is 31.5. The zero-order valence-corrected chi connectivity index (χ0v) is 29.7. The van der Waals surface area contributed by atoms with Crippen LogP contribution in [0.1, 0.15) is 207 Å². The van der Waals surface area contributed by atoms with Crippen LogP contribution in [0.2, 0.25) is 0 Å². The quantitative estimate of drug-likeness (QED) is 0.0343. The van der Waals surface area contributed by atoms with Gasteiger partial charge in [0.2, 0.25) is 5.91 Å². The number of hydrogen-bond donors (Lipinski definition) is 1. The maximum atomic E-state index is 12.7. The van der Waals surface area contributed by atoms with E-state index in [1.165, 1.54) is 116 Å². The molecule has 0 aliphatic carbocycles. The Morgan fingerprint density at radius 3 is 1.48 bits per heavy atom. The normalized spacial score (nSPS) is 12.8. The third kappa shape index (κ3) is 29.1. The van der Waals surface area contributed by atoms with Crippen LogP contribution in [0.15, 0.2) is 12.2 Å². The third-order valence-corrected chi connectivity index (χ3v) is 8.77. The van der Waals surface area contributed by atoms with E-state index in [1.54, 1.807) is 6.92 Å². The molecule has 258 valence electrons. The number of hydrogen-bond acceptors (Lipinski definition) is 4. The molecule has 5 nitrogen and oxygen atoms in total. The molecule has 0 aromatic heterocycles. The van der Waals surface area contributed by atoms with Crippen molar-refractivity contribution in [2.45, 2.75) is 214 Å². The maximum Gasteiger partial charge on any atom is 0.307 e. The van der Waals surface area contributed by atoms with Gasteiger partial charge in [-0.2, -0.15) is 0 Å². The van der Waals surface area contributed by atoms with Gasteiger partial charge in [-0.1, -0.05) is 155 Å². The fourth-order valence-electron chi connectivity index (χ4n) is 5.74. The molecular formula is C39H73NO4. The lowest BCUT2D eigenvalue weighted by Gasteiger charge is -2.20. The van der Waals surface area contributed by atoms with Crippen LogP contribution in [-0.2, 0) is 19.1 Å². The van der Waals surface area contributed by atoms with Crippen molar-refractivity contribution in [1.82, 2.24) is 5.32 Å². The van der Waals surface area contributed by atoms with Crippen LogP contribution in [-0.4, -0.2) is 23.9 Å². The van der Waals surface area contributed by atoms with Crippen LogP contribution < -0.4 is 5.32 Å². The molecule has 5 heteroatoms. The first-order valence-corrected chi connectivity index (χ1v) is 19.1. The van der Waals surface area contributed by atoms with Gasteiger partial charge in [-0.25, -0.2) is 0 Å². The summed E-state index contributed by atoms with van der Waals surface area (Å²) in [5.74, 6) is -0.656. The molecule has 0 radical (unpaired) electrons. The maximum absolute atomic E-state index is 12.7. The van der Waals surface area contributed by atoms with Crippen molar-refractivity contribution >= 4 is 17.7 Å². The highest BCUT2D eigenvalue weighted by Gasteiger charge is 2.21. The number of carbonyl (C=O) groups excluding carboxylic acids is 3. The van der Waals surface area contributed by atoms with Crippen LogP contribution in [0.5, 0.6) is 0 Å². The van der Waals surface area contributed by atoms with Gasteiger partial charge in [0.1, 0.15) is 5.78 Å². The first kappa shape index (κ1) is 42.3. The molecule has 0 saturated carbocycles. The lowest BCUT2D eigenvalue weighted by atomic mass is 9.93. The van der Waals surface area contributed by atoms with Gasteiger partial charge in [0.05, 0.1) is 0 Å². The Bertz CT molecular complexity index is 704. The number of rotatable bonds is 33. The van der Waals surface area contributed by atoms with E-state index in [0.717, 1.165) is 44.9 Å². The van der Waals surface area contributed by atoms with Crippen molar-refractivity contribution in [3.63, 3.8) is 0 Å². The Labute approximate surface area is 273 Å². The number of ketones is 1. The van der Waals surface area contributed by atoms with Gasteiger partial charge in [0, 0.05) is 25.2 Å². The van der Waals surface area contributed by atoms with Gasteiger partial charge >= 0.3 is 5.97 Å². The minimum absolute atomic E-state index is 0.0615. The molecule has 1 amide bonds. The van der Waals surface area contributed by atoms with Crippen molar-refractivity contribution in [2.75, 3.05) is 0 Å². The molecule has 0 aromatic carbocycles. The van der Waals surface area contributed by atoms with Crippen molar-refractivity contribution in [2.24, 2.45) is 5.92 Å². The van der Waals surface area contributed by atoms with Gasteiger partial charge in [0.25, 0.3) is 0 Å². The number of ether oxygens (including phenoxy) is 1. The zero-order chi connectivity index (χ0) is 32.5. The van der Waals surface area contributed by atoms with Crippen molar-refractivity contribution < 1.29 is 19.1 Å². The van der Waals surface area contributed by atoms with E-state index in [2.05, 4.69) is 31.3 Å². The van der Waals surface area contributed by atoms with Crippen LogP contribution in [0.4, 0.5) is 0 Å². The lowest BCUT2D eigenvalue weighted by molar-refractivity contribution is -0.152. The summed E-state index contributed by atoms with van der Waals surface area (Å²) in [5.41, 5.74) is 0. The fraction of sp³-hybridized carbons (Fsp3) is 0.872. The molecule has 0 bridgehead atoms. The molecule has 0 heterocycles. The Balaban J connectivity index is 3.94. The second-order valence-corrected chi connectivity index (χ2v) is 13.1. The van der Waals surface area contributed by atoms with Crippen LogP contribution in [0.25, 0.3) is 0 Å². The topological polar surface area (TPSA) is 72.5 Å². The number of esters is 1. The van der Waals surface area contributed by atoms with Gasteiger partial charge in [0.15, 0.2) is 6.23 Å².